The smallest absolute Gasteiger partial charge is 0.0352 e. The molecule has 0 spiro atoms. The van der Waals surface area contributed by atoms with Crippen molar-refractivity contribution in [3.8, 4) is 0 Å². The molecule has 0 aromatic rings. The highest BCUT2D eigenvalue weighted by atomic mass is 14.5. The Kier molecular flexibility index (Phi) is 2.15. The van der Waals surface area contributed by atoms with Crippen molar-refractivity contribution in [2.75, 3.05) is 0 Å². The lowest BCUT2D eigenvalue weighted by atomic mass is 9.69. The van der Waals surface area contributed by atoms with Crippen molar-refractivity contribution in [1.29, 1.82) is 0 Å². The lowest BCUT2D eigenvalue weighted by Gasteiger charge is -2.36. The molecule has 3 rings (SSSR count). The zero-order chi connectivity index (χ0) is 9.71. The van der Waals surface area contributed by atoms with E-state index in [0.29, 0.717) is 0 Å². The fraction of sp³-hybridized carbons (Fsp3) is 1.00. The lowest BCUT2D eigenvalue weighted by Crippen LogP contribution is -2.28. The summed E-state index contributed by atoms with van der Waals surface area (Å²) < 4.78 is 0. The van der Waals surface area contributed by atoms with Crippen LogP contribution in [0.25, 0.3) is 0 Å². The SMILES string of the molecule is CC1CC2CCC3CC(C)CC3C2C1. The Hall–Kier alpha value is 0. The van der Waals surface area contributed by atoms with E-state index in [2.05, 4.69) is 13.8 Å². The predicted octanol–water partition coefficient (Wildman–Crippen LogP) is 4.10. The summed E-state index contributed by atoms with van der Waals surface area (Å²) in [5.74, 6) is 6.65. The summed E-state index contributed by atoms with van der Waals surface area (Å²) in [5.41, 5.74) is 0. The minimum absolute atomic E-state index is 1.04. The molecule has 0 aliphatic heterocycles. The molecule has 0 radical (unpaired) electrons. The molecule has 6 unspecified atom stereocenters. The molecule has 0 N–H and O–H groups in total. The van der Waals surface area contributed by atoms with Gasteiger partial charge in [-0.05, 0) is 74.0 Å². The van der Waals surface area contributed by atoms with Crippen molar-refractivity contribution in [2.24, 2.45) is 35.5 Å². The lowest BCUT2D eigenvalue weighted by molar-refractivity contribution is 0.136. The predicted molar refractivity (Wildman–Crippen MR) is 60.0 cm³/mol. The van der Waals surface area contributed by atoms with Gasteiger partial charge in [-0.2, -0.15) is 0 Å². The quantitative estimate of drug-likeness (QED) is 0.542. The Labute approximate surface area is 88.5 Å². The van der Waals surface area contributed by atoms with Crippen molar-refractivity contribution in [3.63, 3.8) is 0 Å². The Morgan fingerprint density at radius 2 is 1.07 bits per heavy atom. The minimum atomic E-state index is 1.04. The van der Waals surface area contributed by atoms with Crippen LogP contribution in [0.3, 0.4) is 0 Å². The third-order valence-corrected chi connectivity index (χ3v) is 5.43. The molecule has 0 aromatic heterocycles. The molecule has 0 heteroatoms. The molecule has 0 saturated heterocycles. The summed E-state index contributed by atoms with van der Waals surface area (Å²) in [4.78, 5) is 0. The van der Waals surface area contributed by atoms with Gasteiger partial charge in [0, 0.05) is 0 Å². The van der Waals surface area contributed by atoms with Crippen LogP contribution in [0.4, 0.5) is 0 Å². The van der Waals surface area contributed by atoms with E-state index < -0.39 is 0 Å². The van der Waals surface area contributed by atoms with Crippen LogP contribution in [0.1, 0.15) is 52.4 Å². The van der Waals surface area contributed by atoms with E-state index in [1.165, 1.54) is 0 Å². The second-order valence-electron chi connectivity index (χ2n) is 6.58. The van der Waals surface area contributed by atoms with Gasteiger partial charge in [-0.1, -0.05) is 13.8 Å². The normalized spacial score (nSPS) is 57.0. The Morgan fingerprint density at radius 1 is 0.643 bits per heavy atom. The Morgan fingerprint density at radius 3 is 1.50 bits per heavy atom. The van der Waals surface area contributed by atoms with Gasteiger partial charge >= 0.3 is 0 Å². The zero-order valence-electron chi connectivity index (χ0n) is 9.71. The third kappa shape index (κ3) is 1.33. The van der Waals surface area contributed by atoms with Crippen molar-refractivity contribution in [3.05, 3.63) is 0 Å². The maximum atomic E-state index is 2.48. The van der Waals surface area contributed by atoms with Gasteiger partial charge in [0.05, 0.1) is 0 Å². The Balaban J connectivity index is 1.78. The highest BCUT2D eigenvalue weighted by Crippen LogP contribution is 2.56. The monoisotopic (exact) mass is 192 g/mol. The Bertz CT molecular complexity index is 196. The van der Waals surface area contributed by atoms with E-state index in [9.17, 15) is 0 Å². The molecule has 14 heavy (non-hydrogen) atoms. The van der Waals surface area contributed by atoms with E-state index in [-0.39, 0.29) is 0 Å². The molecule has 3 aliphatic carbocycles. The summed E-state index contributed by atoms with van der Waals surface area (Å²) >= 11 is 0. The van der Waals surface area contributed by atoms with Crippen molar-refractivity contribution < 1.29 is 0 Å². The van der Waals surface area contributed by atoms with Gasteiger partial charge in [0.25, 0.3) is 0 Å². The summed E-state index contributed by atoms with van der Waals surface area (Å²) in [6.45, 7) is 4.96. The minimum Gasteiger partial charge on any atom is -0.0625 e. The van der Waals surface area contributed by atoms with Crippen molar-refractivity contribution in [1.82, 2.24) is 0 Å². The molecule has 0 nitrogen and oxygen atoms in total. The molecule has 3 aliphatic rings. The van der Waals surface area contributed by atoms with E-state index >= 15 is 0 Å². The molecule has 3 saturated carbocycles. The van der Waals surface area contributed by atoms with E-state index in [0.717, 1.165) is 35.5 Å². The van der Waals surface area contributed by atoms with Gasteiger partial charge in [0.15, 0.2) is 0 Å². The first-order chi connectivity index (χ1) is 6.74. The van der Waals surface area contributed by atoms with Crippen LogP contribution in [0.15, 0.2) is 0 Å². The summed E-state index contributed by atoms with van der Waals surface area (Å²) in [6, 6.07) is 0. The van der Waals surface area contributed by atoms with Crippen LogP contribution in [0.5, 0.6) is 0 Å². The van der Waals surface area contributed by atoms with Gasteiger partial charge in [-0.3, -0.25) is 0 Å². The zero-order valence-corrected chi connectivity index (χ0v) is 9.71. The second kappa shape index (κ2) is 3.25. The first-order valence-electron chi connectivity index (χ1n) is 6.74. The van der Waals surface area contributed by atoms with Gasteiger partial charge in [0.2, 0.25) is 0 Å². The fourth-order valence-corrected chi connectivity index (χ4v) is 5.03. The third-order valence-electron chi connectivity index (χ3n) is 5.43. The first kappa shape index (κ1) is 9.24. The first-order valence-corrected chi connectivity index (χ1v) is 6.74. The van der Waals surface area contributed by atoms with Crippen LogP contribution < -0.4 is 0 Å². The molecule has 0 amide bonds. The highest BCUT2D eigenvalue weighted by Gasteiger charge is 2.46. The number of rotatable bonds is 0. The average molecular weight is 192 g/mol. The molecule has 0 bridgehead atoms. The summed E-state index contributed by atoms with van der Waals surface area (Å²) in [5, 5.41) is 0. The standard InChI is InChI=1S/C14H24/c1-9-5-11-3-4-12-6-10(2)8-14(12)13(11)7-9/h9-14H,3-8H2,1-2H3. The molecule has 80 valence electrons. The molecule has 0 heterocycles. The van der Waals surface area contributed by atoms with Gasteiger partial charge in [0.1, 0.15) is 0 Å². The maximum Gasteiger partial charge on any atom is -0.0352 e. The van der Waals surface area contributed by atoms with Crippen molar-refractivity contribution in [2.45, 2.75) is 52.4 Å². The number of hydrogen-bond acceptors (Lipinski definition) is 0. The van der Waals surface area contributed by atoms with Crippen molar-refractivity contribution >= 4 is 0 Å². The molecule has 3 fully saturated rings. The topological polar surface area (TPSA) is 0 Å². The highest BCUT2D eigenvalue weighted by molar-refractivity contribution is 4.96. The largest absolute Gasteiger partial charge is 0.0625 e. The van der Waals surface area contributed by atoms with E-state index in [4.69, 9.17) is 0 Å². The van der Waals surface area contributed by atoms with E-state index in [1.54, 1.807) is 38.5 Å². The second-order valence-corrected chi connectivity index (χ2v) is 6.58. The van der Waals surface area contributed by atoms with Crippen LogP contribution >= 0.6 is 0 Å². The fourth-order valence-electron chi connectivity index (χ4n) is 5.03. The van der Waals surface area contributed by atoms with Gasteiger partial charge in [-0.25, -0.2) is 0 Å². The molecule has 6 atom stereocenters. The van der Waals surface area contributed by atoms with Crippen LogP contribution in [0.2, 0.25) is 0 Å². The van der Waals surface area contributed by atoms with Gasteiger partial charge in [-0.15, -0.1) is 0 Å². The van der Waals surface area contributed by atoms with E-state index in [1.807, 2.05) is 0 Å². The van der Waals surface area contributed by atoms with Crippen LogP contribution in [-0.4, -0.2) is 0 Å². The van der Waals surface area contributed by atoms with Gasteiger partial charge < -0.3 is 0 Å². The summed E-state index contributed by atoms with van der Waals surface area (Å²) in [7, 11) is 0. The van der Waals surface area contributed by atoms with Crippen LogP contribution in [0, 0.1) is 35.5 Å². The maximum absolute atomic E-state index is 2.48. The summed E-state index contributed by atoms with van der Waals surface area (Å²) in [6.07, 6.45) is 9.40. The molecular formula is C14H24. The van der Waals surface area contributed by atoms with Crippen LogP contribution in [-0.2, 0) is 0 Å². The average Bonchev–Trinajstić information content (AvgIpc) is 2.65. The number of fused-ring (bicyclic) bond motifs is 3. The molecular weight excluding hydrogens is 168 g/mol. The number of hydrogen-bond donors (Lipinski definition) is 0. The molecule has 0 aromatic carbocycles.